The molecule has 0 saturated heterocycles. The van der Waals surface area contributed by atoms with Crippen molar-refractivity contribution in [1.29, 1.82) is 0 Å². The number of nitrogens with one attached hydrogen (secondary N) is 1. The number of ether oxygens (including phenoxy) is 1. The van der Waals surface area contributed by atoms with Crippen LogP contribution in [0.25, 0.3) is 0 Å². The van der Waals surface area contributed by atoms with Crippen molar-refractivity contribution in [2.75, 3.05) is 0 Å². The number of rotatable bonds is 3. The summed E-state index contributed by atoms with van der Waals surface area (Å²) in [6, 6.07) is 0. The fraction of sp³-hybridized carbons (Fsp3) is 0. The third kappa shape index (κ3) is 2.36. The maximum absolute atomic E-state index is 13.4. The number of halogens is 5. The van der Waals surface area contributed by atoms with Crippen LogP contribution in [0, 0.1) is 29.1 Å². The van der Waals surface area contributed by atoms with E-state index in [4.69, 9.17) is 5.73 Å². The molecule has 2 rings (SSSR count). The van der Waals surface area contributed by atoms with Crippen molar-refractivity contribution in [3.63, 3.8) is 0 Å². The summed E-state index contributed by atoms with van der Waals surface area (Å²) in [6.07, 6.45) is 0.862. The Kier molecular flexibility index (Phi) is 3.80. The van der Waals surface area contributed by atoms with E-state index >= 15 is 0 Å². The van der Waals surface area contributed by atoms with Crippen LogP contribution in [-0.2, 0) is 0 Å². The summed E-state index contributed by atoms with van der Waals surface area (Å²) in [7, 11) is 0. The Labute approximate surface area is 117 Å². The van der Waals surface area contributed by atoms with Crippen LogP contribution in [-0.4, -0.2) is 21.8 Å². The first-order valence-corrected chi connectivity index (χ1v) is 5.32. The maximum atomic E-state index is 13.4. The van der Waals surface area contributed by atoms with Gasteiger partial charge in [-0.3, -0.25) is 4.79 Å². The number of primary amides is 1. The summed E-state index contributed by atoms with van der Waals surface area (Å²) in [5.74, 6) is -15.7. The van der Waals surface area contributed by atoms with Crippen LogP contribution in [0.3, 0.4) is 0 Å². The van der Waals surface area contributed by atoms with Crippen LogP contribution >= 0.6 is 0 Å². The molecule has 0 radical (unpaired) electrons. The van der Waals surface area contributed by atoms with E-state index in [1.165, 1.54) is 0 Å². The van der Waals surface area contributed by atoms with Gasteiger partial charge in [0, 0.05) is 0 Å². The molecule has 22 heavy (non-hydrogen) atoms. The molecule has 6 nitrogen and oxygen atoms in total. The van der Waals surface area contributed by atoms with Crippen molar-refractivity contribution >= 4 is 11.9 Å². The standard InChI is InChI=1S/C11H4F5N3O3/c12-3-2(4(13)6(15)7(16)5(3)14)11(21)22-10-8(9(17)20)18-1-19-10/h1H,(H2,17,20)(H,18,19). The third-order valence-corrected chi connectivity index (χ3v) is 2.45. The largest absolute Gasteiger partial charge is 0.401 e. The van der Waals surface area contributed by atoms with E-state index in [0.29, 0.717) is 0 Å². The number of esters is 1. The number of carbonyl (C=O) groups is 2. The van der Waals surface area contributed by atoms with E-state index < -0.39 is 58.1 Å². The van der Waals surface area contributed by atoms with Crippen molar-refractivity contribution < 1.29 is 36.3 Å². The molecule has 1 aromatic heterocycles. The molecule has 1 amide bonds. The molecule has 1 heterocycles. The second-order valence-corrected chi connectivity index (χ2v) is 3.78. The maximum Gasteiger partial charge on any atom is 0.351 e. The van der Waals surface area contributed by atoms with Crippen molar-refractivity contribution in [2.24, 2.45) is 5.73 Å². The lowest BCUT2D eigenvalue weighted by atomic mass is 10.1. The summed E-state index contributed by atoms with van der Waals surface area (Å²) >= 11 is 0. The predicted molar refractivity (Wildman–Crippen MR) is 58.3 cm³/mol. The Morgan fingerprint density at radius 1 is 1.00 bits per heavy atom. The molecule has 0 fully saturated rings. The summed E-state index contributed by atoms with van der Waals surface area (Å²) < 4.78 is 69.9. The first-order valence-electron chi connectivity index (χ1n) is 5.32. The number of imidazole rings is 1. The lowest BCUT2D eigenvalue weighted by Crippen LogP contribution is -2.20. The molecule has 0 aliphatic carbocycles. The van der Waals surface area contributed by atoms with E-state index in [9.17, 15) is 31.5 Å². The summed E-state index contributed by atoms with van der Waals surface area (Å²) in [6.45, 7) is 0. The Bertz CT molecular complexity index is 761. The Hall–Kier alpha value is -2.98. The average molecular weight is 321 g/mol. The van der Waals surface area contributed by atoms with Crippen molar-refractivity contribution in [3.05, 3.63) is 46.7 Å². The van der Waals surface area contributed by atoms with Gasteiger partial charge in [0.05, 0.1) is 6.33 Å². The van der Waals surface area contributed by atoms with Gasteiger partial charge in [0.25, 0.3) is 11.8 Å². The smallest absolute Gasteiger partial charge is 0.351 e. The second kappa shape index (κ2) is 5.42. The fourth-order valence-corrected chi connectivity index (χ4v) is 1.46. The minimum Gasteiger partial charge on any atom is -0.401 e. The topological polar surface area (TPSA) is 98.1 Å². The van der Waals surface area contributed by atoms with Crippen LogP contribution < -0.4 is 10.5 Å². The van der Waals surface area contributed by atoms with Gasteiger partial charge in [0.2, 0.25) is 5.82 Å². The van der Waals surface area contributed by atoms with E-state index in [0.717, 1.165) is 6.33 Å². The quantitative estimate of drug-likeness (QED) is 0.387. The van der Waals surface area contributed by atoms with Gasteiger partial charge < -0.3 is 15.5 Å². The van der Waals surface area contributed by atoms with Crippen LogP contribution in [0.4, 0.5) is 22.0 Å². The Morgan fingerprint density at radius 2 is 1.50 bits per heavy atom. The SMILES string of the molecule is NC(=O)c1[nH]cnc1OC(=O)c1c(F)c(F)c(F)c(F)c1F. The highest BCUT2D eigenvalue weighted by atomic mass is 19.2. The number of nitrogens with zero attached hydrogens (tertiary/aromatic N) is 1. The van der Waals surface area contributed by atoms with Crippen LogP contribution in [0.5, 0.6) is 5.88 Å². The minimum absolute atomic E-state index is 0.530. The lowest BCUT2D eigenvalue weighted by molar-refractivity contribution is 0.0712. The highest BCUT2D eigenvalue weighted by molar-refractivity contribution is 5.96. The molecule has 3 N–H and O–H groups in total. The fourth-order valence-electron chi connectivity index (χ4n) is 1.46. The van der Waals surface area contributed by atoms with Crippen LogP contribution in [0.1, 0.15) is 20.8 Å². The Balaban J connectivity index is 2.47. The molecule has 1 aromatic carbocycles. The first-order chi connectivity index (χ1) is 10.3. The second-order valence-electron chi connectivity index (χ2n) is 3.78. The molecular weight excluding hydrogens is 317 g/mol. The average Bonchev–Trinajstić information content (AvgIpc) is 2.91. The number of aromatic nitrogens is 2. The van der Waals surface area contributed by atoms with Gasteiger partial charge in [-0.05, 0) is 0 Å². The van der Waals surface area contributed by atoms with Crippen molar-refractivity contribution in [2.45, 2.75) is 0 Å². The predicted octanol–water partition coefficient (Wildman–Crippen LogP) is 1.42. The molecular formula is C11H4F5N3O3. The van der Waals surface area contributed by atoms with Gasteiger partial charge in [0.15, 0.2) is 29.0 Å². The van der Waals surface area contributed by atoms with E-state index in [1.54, 1.807) is 0 Å². The van der Waals surface area contributed by atoms with Gasteiger partial charge in [-0.25, -0.2) is 31.7 Å². The van der Waals surface area contributed by atoms with Gasteiger partial charge in [-0.1, -0.05) is 0 Å². The molecule has 116 valence electrons. The molecule has 0 unspecified atom stereocenters. The number of amides is 1. The molecule has 0 spiro atoms. The summed E-state index contributed by atoms with van der Waals surface area (Å²) in [4.78, 5) is 28.0. The lowest BCUT2D eigenvalue weighted by Gasteiger charge is -2.07. The number of nitrogens with two attached hydrogens (primary N) is 1. The number of carbonyl (C=O) groups excluding carboxylic acids is 2. The van der Waals surface area contributed by atoms with Gasteiger partial charge in [-0.2, -0.15) is 0 Å². The summed E-state index contributed by atoms with van der Waals surface area (Å²) in [5, 5.41) is 0. The monoisotopic (exact) mass is 321 g/mol. The molecule has 0 aliphatic heterocycles. The van der Waals surface area contributed by atoms with E-state index in [2.05, 4.69) is 14.7 Å². The minimum atomic E-state index is -2.43. The number of hydrogen-bond donors (Lipinski definition) is 2. The highest BCUT2D eigenvalue weighted by Crippen LogP contribution is 2.24. The number of benzene rings is 1. The van der Waals surface area contributed by atoms with E-state index in [1.807, 2.05) is 0 Å². The zero-order valence-corrected chi connectivity index (χ0v) is 10.2. The molecule has 2 aromatic rings. The molecule has 0 aliphatic rings. The van der Waals surface area contributed by atoms with Crippen LogP contribution in [0.2, 0.25) is 0 Å². The zero-order valence-electron chi connectivity index (χ0n) is 10.2. The number of hydrogen-bond acceptors (Lipinski definition) is 4. The molecule has 0 bridgehead atoms. The first kappa shape index (κ1) is 15.4. The molecule has 11 heteroatoms. The molecule has 0 atom stereocenters. The van der Waals surface area contributed by atoms with Crippen molar-refractivity contribution in [1.82, 2.24) is 9.97 Å². The van der Waals surface area contributed by atoms with Crippen LogP contribution in [0.15, 0.2) is 6.33 Å². The summed E-state index contributed by atoms with van der Waals surface area (Å²) in [5.41, 5.74) is 2.53. The third-order valence-electron chi connectivity index (χ3n) is 2.45. The van der Waals surface area contributed by atoms with E-state index in [-0.39, 0.29) is 0 Å². The normalized spacial score (nSPS) is 10.6. The molecule has 0 saturated carbocycles. The highest BCUT2D eigenvalue weighted by Gasteiger charge is 2.31. The van der Waals surface area contributed by atoms with Gasteiger partial charge in [0.1, 0.15) is 5.56 Å². The zero-order chi connectivity index (χ0) is 16.6. The van der Waals surface area contributed by atoms with Crippen molar-refractivity contribution in [3.8, 4) is 5.88 Å². The van der Waals surface area contributed by atoms with Gasteiger partial charge >= 0.3 is 5.97 Å². The number of aromatic amines is 1. The Morgan fingerprint density at radius 3 is 2.00 bits per heavy atom. The number of H-pyrrole nitrogens is 1. The van der Waals surface area contributed by atoms with Gasteiger partial charge in [-0.15, -0.1) is 0 Å².